The van der Waals surface area contributed by atoms with Crippen molar-refractivity contribution in [3.63, 3.8) is 0 Å². The number of pyridine rings is 1. The molecule has 4 aromatic rings. The van der Waals surface area contributed by atoms with Crippen LogP contribution in [0, 0.1) is 19.8 Å². The van der Waals surface area contributed by atoms with E-state index >= 15 is 0 Å². The van der Waals surface area contributed by atoms with Crippen molar-refractivity contribution in [1.29, 1.82) is 0 Å². The van der Waals surface area contributed by atoms with Gasteiger partial charge in [-0.25, -0.2) is 9.97 Å². The fourth-order valence-electron chi connectivity index (χ4n) is 7.13. The van der Waals surface area contributed by atoms with E-state index in [2.05, 4.69) is 45.9 Å². The second-order valence-electron chi connectivity index (χ2n) is 12.3. The van der Waals surface area contributed by atoms with E-state index in [1.165, 1.54) is 24.8 Å². The van der Waals surface area contributed by atoms with Gasteiger partial charge >= 0.3 is 5.97 Å². The highest BCUT2D eigenvalue weighted by Gasteiger charge is 2.47. The van der Waals surface area contributed by atoms with Crippen molar-refractivity contribution >= 4 is 34.1 Å². The summed E-state index contributed by atoms with van der Waals surface area (Å²) in [6, 6.07) is 12.9. The molecule has 1 saturated heterocycles. The van der Waals surface area contributed by atoms with Crippen LogP contribution in [0.15, 0.2) is 36.4 Å². The highest BCUT2D eigenvalue weighted by Crippen LogP contribution is 2.51. The summed E-state index contributed by atoms with van der Waals surface area (Å²) in [6.07, 6.45) is 6.50. The average molecular weight is 599 g/mol. The summed E-state index contributed by atoms with van der Waals surface area (Å²) < 4.78 is 7.67. The number of carboxylic acid groups (broad SMARTS) is 1. The van der Waals surface area contributed by atoms with Crippen LogP contribution in [0.2, 0.25) is 0 Å². The molecule has 2 saturated carbocycles. The molecule has 0 spiro atoms. The molecule has 9 heteroatoms. The molecule has 224 valence electrons. The van der Waals surface area contributed by atoms with Gasteiger partial charge in [-0.3, -0.25) is 9.59 Å². The van der Waals surface area contributed by atoms with E-state index < -0.39 is 11.9 Å². The lowest BCUT2D eigenvalue weighted by Gasteiger charge is -2.28. The molecule has 2 atom stereocenters. The van der Waals surface area contributed by atoms with Gasteiger partial charge in [0.2, 0.25) is 5.91 Å². The van der Waals surface area contributed by atoms with Crippen LogP contribution in [0.3, 0.4) is 0 Å². The molecule has 3 aliphatic rings. The molecule has 8 nitrogen and oxygen atoms in total. The van der Waals surface area contributed by atoms with Gasteiger partial charge in [0, 0.05) is 30.1 Å². The van der Waals surface area contributed by atoms with E-state index in [0.29, 0.717) is 38.6 Å². The zero-order valence-electron chi connectivity index (χ0n) is 24.8. The number of hydrogen-bond donors (Lipinski definition) is 1. The number of benzene rings is 1. The third-order valence-electron chi connectivity index (χ3n) is 9.45. The molecule has 7 rings (SSSR count). The molecular formula is C34H38N4O4S. The SMILES string of the molecule is Cc1nc(C)c(-c2ccc3cc(-c4c(C5CCCCC5)cc(C5CC5C(=O)O)n4CC(=O)N4CCOCC4)ccc3n2)s1. The Labute approximate surface area is 255 Å². The largest absolute Gasteiger partial charge is 0.481 e. The third kappa shape index (κ3) is 5.49. The quantitative estimate of drug-likeness (QED) is 0.260. The van der Waals surface area contributed by atoms with Crippen molar-refractivity contribution < 1.29 is 19.4 Å². The average Bonchev–Trinajstić information content (AvgIpc) is 3.64. The number of carbonyl (C=O) groups excluding carboxylic acids is 1. The maximum atomic E-state index is 13.7. The molecule has 2 unspecified atom stereocenters. The number of amides is 1. The number of thiazole rings is 1. The van der Waals surface area contributed by atoms with E-state index in [-0.39, 0.29) is 18.4 Å². The lowest BCUT2D eigenvalue weighted by atomic mass is 9.83. The van der Waals surface area contributed by atoms with Crippen LogP contribution in [-0.4, -0.2) is 62.7 Å². The topological polar surface area (TPSA) is 97.5 Å². The Morgan fingerprint density at radius 1 is 1.02 bits per heavy atom. The lowest BCUT2D eigenvalue weighted by molar-refractivity contribution is -0.138. The molecule has 2 aliphatic carbocycles. The normalized spacial score (nSPS) is 20.9. The first-order valence-electron chi connectivity index (χ1n) is 15.5. The smallest absolute Gasteiger partial charge is 0.307 e. The Balaban J connectivity index is 1.34. The first-order valence-corrected chi connectivity index (χ1v) is 16.4. The summed E-state index contributed by atoms with van der Waals surface area (Å²) in [6.45, 7) is 6.53. The van der Waals surface area contributed by atoms with Crippen molar-refractivity contribution in [1.82, 2.24) is 19.4 Å². The molecule has 1 amide bonds. The van der Waals surface area contributed by atoms with E-state index in [9.17, 15) is 14.7 Å². The van der Waals surface area contributed by atoms with Crippen LogP contribution in [-0.2, 0) is 20.9 Å². The van der Waals surface area contributed by atoms with Crippen LogP contribution in [0.5, 0.6) is 0 Å². The number of carboxylic acids is 1. The Morgan fingerprint density at radius 2 is 1.81 bits per heavy atom. The lowest BCUT2D eigenvalue weighted by Crippen LogP contribution is -2.42. The van der Waals surface area contributed by atoms with E-state index in [1.807, 2.05) is 18.7 Å². The number of fused-ring (bicyclic) bond motifs is 1. The van der Waals surface area contributed by atoms with Gasteiger partial charge in [0.1, 0.15) is 6.54 Å². The number of morpholine rings is 1. The standard InChI is InChI=1S/C34H38N4O4S/c1-20-33(43-21(2)35-20)29-11-8-23-16-24(9-10-28(23)36-29)32-25(22-6-4-3-5-7-22)18-30(26-17-27(26)34(40)41)38(32)19-31(39)37-12-14-42-15-13-37/h8-11,16,18,22,26-27H,3-7,12-15,17,19H2,1-2H3,(H,40,41). The number of hydrogen-bond acceptors (Lipinski definition) is 6. The van der Waals surface area contributed by atoms with Crippen LogP contribution in [0.4, 0.5) is 0 Å². The van der Waals surface area contributed by atoms with Crippen LogP contribution in [0.25, 0.3) is 32.7 Å². The number of aryl methyl sites for hydroxylation is 2. The Kier molecular flexibility index (Phi) is 7.55. The Morgan fingerprint density at radius 3 is 2.51 bits per heavy atom. The van der Waals surface area contributed by atoms with E-state index in [4.69, 9.17) is 9.72 Å². The summed E-state index contributed by atoms with van der Waals surface area (Å²) in [5.41, 5.74) is 7.23. The maximum absolute atomic E-state index is 13.7. The van der Waals surface area contributed by atoms with Gasteiger partial charge in [0.25, 0.3) is 0 Å². The molecule has 1 N–H and O–H groups in total. The van der Waals surface area contributed by atoms with Gasteiger partial charge in [-0.2, -0.15) is 0 Å². The molecule has 0 bridgehead atoms. The predicted octanol–water partition coefficient (Wildman–Crippen LogP) is 6.54. The monoisotopic (exact) mass is 598 g/mol. The minimum atomic E-state index is -0.753. The molecule has 43 heavy (non-hydrogen) atoms. The summed E-state index contributed by atoms with van der Waals surface area (Å²) in [5, 5.41) is 11.9. The molecule has 3 aromatic heterocycles. The van der Waals surface area contributed by atoms with Crippen molar-refractivity contribution in [2.45, 2.75) is 70.8 Å². The van der Waals surface area contributed by atoms with Crippen molar-refractivity contribution in [3.05, 3.63) is 58.4 Å². The van der Waals surface area contributed by atoms with Gasteiger partial charge in [-0.05, 0) is 74.4 Å². The van der Waals surface area contributed by atoms with Gasteiger partial charge in [-0.15, -0.1) is 11.3 Å². The van der Waals surface area contributed by atoms with Gasteiger partial charge in [0.15, 0.2) is 0 Å². The predicted molar refractivity (Wildman–Crippen MR) is 167 cm³/mol. The Hall–Kier alpha value is -3.56. The number of aromatic nitrogens is 3. The zero-order chi connectivity index (χ0) is 29.7. The van der Waals surface area contributed by atoms with Crippen molar-refractivity contribution in [3.8, 4) is 21.8 Å². The third-order valence-corrected chi connectivity index (χ3v) is 10.5. The van der Waals surface area contributed by atoms with Crippen LogP contribution in [0.1, 0.15) is 72.3 Å². The van der Waals surface area contributed by atoms with Gasteiger partial charge in [-0.1, -0.05) is 31.4 Å². The Bertz CT molecular complexity index is 1700. The van der Waals surface area contributed by atoms with E-state index in [0.717, 1.165) is 62.0 Å². The maximum Gasteiger partial charge on any atom is 0.307 e. The minimum Gasteiger partial charge on any atom is -0.481 e. The fourth-order valence-corrected chi connectivity index (χ4v) is 8.02. The van der Waals surface area contributed by atoms with Crippen LogP contribution >= 0.6 is 11.3 Å². The van der Waals surface area contributed by atoms with Crippen molar-refractivity contribution in [2.75, 3.05) is 26.3 Å². The first kappa shape index (κ1) is 28.2. The number of aliphatic carboxylic acids is 1. The van der Waals surface area contributed by atoms with Crippen molar-refractivity contribution in [2.24, 2.45) is 5.92 Å². The number of carbonyl (C=O) groups is 2. The number of rotatable bonds is 7. The summed E-state index contributed by atoms with van der Waals surface area (Å²) in [4.78, 5) is 38.2. The molecule has 3 fully saturated rings. The zero-order valence-corrected chi connectivity index (χ0v) is 25.7. The summed E-state index contributed by atoms with van der Waals surface area (Å²) >= 11 is 1.66. The van der Waals surface area contributed by atoms with Gasteiger partial charge < -0.3 is 19.3 Å². The summed E-state index contributed by atoms with van der Waals surface area (Å²) in [7, 11) is 0. The molecule has 1 aromatic carbocycles. The highest BCUT2D eigenvalue weighted by atomic mass is 32.1. The minimum absolute atomic E-state index is 0.0615. The molecule has 0 radical (unpaired) electrons. The highest BCUT2D eigenvalue weighted by molar-refractivity contribution is 7.15. The second kappa shape index (κ2) is 11.5. The van der Waals surface area contributed by atoms with Gasteiger partial charge in [0.05, 0.1) is 51.6 Å². The second-order valence-corrected chi connectivity index (χ2v) is 13.5. The molecule has 1 aliphatic heterocycles. The number of ether oxygens (including phenoxy) is 1. The fraction of sp³-hybridized carbons (Fsp3) is 0.471. The first-order chi connectivity index (χ1) is 20.9. The molecular weight excluding hydrogens is 560 g/mol. The van der Waals surface area contributed by atoms with Crippen LogP contribution < -0.4 is 0 Å². The number of nitrogens with zero attached hydrogens (tertiary/aromatic N) is 4. The molecule has 4 heterocycles. The van der Waals surface area contributed by atoms with E-state index in [1.54, 1.807) is 11.3 Å². The summed E-state index contributed by atoms with van der Waals surface area (Å²) in [5.74, 6) is -0.750.